The van der Waals surface area contributed by atoms with Gasteiger partial charge in [0, 0.05) is 30.5 Å². The molecule has 1 aromatic rings. The highest BCUT2D eigenvalue weighted by atomic mass is 19.2. The Hall–Kier alpha value is -2.03. The van der Waals surface area contributed by atoms with E-state index in [1.807, 2.05) is 18.2 Å². The number of rotatable bonds is 0. The highest BCUT2D eigenvalue weighted by molar-refractivity contribution is 5.68. The molecule has 0 aliphatic carbocycles. The SMILES string of the molecule is FN1C=CC=C2CCN3C(=C21)Cc1ccccc13. The monoisotopic (exact) mass is 240 g/mol. The molecule has 0 spiro atoms. The molecule has 0 N–H and O–H groups in total. The molecule has 4 rings (SSSR count). The molecule has 0 saturated carbocycles. The number of halogens is 1. The Labute approximate surface area is 105 Å². The summed E-state index contributed by atoms with van der Waals surface area (Å²) >= 11 is 0. The number of para-hydroxylation sites is 1. The molecule has 1 aromatic carbocycles. The van der Waals surface area contributed by atoms with E-state index in [2.05, 4.69) is 17.0 Å². The topological polar surface area (TPSA) is 6.48 Å². The number of fused-ring (bicyclic) bond motifs is 4. The fraction of sp³-hybridized carbons (Fsp3) is 0.200. The second kappa shape index (κ2) is 3.48. The van der Waals surface area contributed by atoms with Gasteiger partial charge in [-0.15, -0.1) is 0 Å². The van der Waals surface area contributed by atoms with Gasteiger partial charge in [0.25, 0.3) is 0 Å². The second-order valence-corrected chi connectivity index (χ2v) is 4.85. The molecule has 0 atom stereocenters. The van der Waals surface area contributed by atoms with Crippen LogP contribution >= 0.6 is 0 Å². The minimum atomic E-state index is 0.750. The average molecular weight is 240 g/mol. The zero-order valence-corrected chi connectivity index (χ0v) is 9.94. The number of benzene rings is 1. The van der Waals surface area contributed by atoms with Gasteiger partial charge < -0.3 is 4.90 Å². The number of hydrogen-bond donors (Lipinski definition) is 0. The van der Waals surface area contributed by atoms with E-state index in [1.165, 1.54) is 17.5 Å². The van der Waals surface area contributed by atoms with E-state index in [9.17, 15) is 4.48 Å². The minimum absolute atomic E-state index is 0.750. The first kappa shape index (κ1) is 9.95. The zero-order chi connectivity index (χ0) is 12.1. The summed E-state index contributed by atoms with van der Waals surface area (Å²) in [5.74, 6) is 0. The third-order valence-electron chi connectivity index (χ3n) is 3.88. The predicted molar refractivity (Wildman–Crippen MR) is 69.3 cm³/mol. The van der Waals surface area contributed by atoms with Crippen LogP contribution in [-0.2, 0) is 6.42 Å². The van der Waals surface area contributed by atoms with E-state index in [0.29, 0.717) is 0 Å². The molecular weight excluding hydrogens is 227 g/mol. The van der Waals surface area contributed by atoms with Crippen molar-refractivity contribution in [3.63, 3.8) is 0 Å². The summed E-state index contributed by atoms with van der Waals surface area (Å²) in [5.41, 5.74) is 5.49. The van der Waals surface area contributed by atoms with Crippen molar-refractivity contribution < 1.29 is 4.48 Å². The van der Waals surface area contributed by atoms with Crippen LogP contribution < -0.4 is 4.90 Å². The lowest BCUT2D eigenvalue weighted by Gasteiger charge is -2.33. The fourth-order valence-electron chi connectivity index (χ4n) is 3.08. The van der Waals surface area contributed by atoms with Gasteiger partial charge >= 0.3 is 0 Å². The summed E-state index contributed by atoms with van der Waals surface area (Å²) in [4.78, 5) is 2.26. The third kappa shape index (κ3) is 1.22. The van der Waals surface area contributed by atoms with Gasteiger partial charge in [0.05, 0.1) is 5.70 Å². The second-order valence-electron chi connectivity index (χ2n) is 4.85. The smallest absolute Gasteiger partial charge is 0.0970 e. The molecule has 3 aliphatic heterocycles. The summed E-state index contributed by atoms with van der Waals surface area (Å²) in [6, 6.07) is 8.35. The van der Waals surface area contributed by atoms with Gasteiger partial charge in [-0.2, -0.15) is 5.12 Å². The van der Waals surface area contributed by atoms with Crippen LogP contribution in [0.5, 0.6) is 0 Å². The summed E-state index contributed by atoms with van der Waals surface area (Å²) in [5, 5.41) is 0.767. The lowest BCUT2D eigenvalue weighted by Crippen LogP contribution is -2.31. The standard InChI is InChI=1S/C15H13FN2/c16-18-8-3-5-11-7-9-17-13-6-2-1-4-12(13)10-14(17)15(11)18/h1-6,8H,7,9-10H2. The summed E-state index contributed by atoms with van der Waals surface area (Å²) in [7, 11) is 0. The number of anilines is 1. The summed E-state index contributed by atoms with van der Waals surface area (Å²) < 4.78 is 14.0. The average Bonchev–Trinajstić information content (AvgIpc) is 2.77. The number of allylic oxidation sites excluding steroid dienone is 4. The maximum absolute atomic E-state index is 14.0. The van der Waals surface area contributed by atoms with Gasteiger partial charge in [-0.25, -0.2) is 0 Å². The van der Waals surface area contributed by atoms with Crippen LogP contribution in [0.25, 0.3) is 0 Å². The fourth-order valence-corrected chi connectivity index (χ4v) is 3.08. The van der Waals surface area contributed by atoms with Crippen LogP contribution in [0.1, 0.15) is 12.0 Å². The molecule has 0 bridgehead atoms. The number of nitrogens with zero attached hydrogens (tertiary/aromatic N) is 2. The first-order chi connectivity index (χ1) is 8.84. The Morgan fingerprint density at radius 3 is 3.00 bits per heavy atom. The molecular formula is C15H13FN2. The predicted octanol–water partition coefficient (Wildman–Crippen LogP) is 3.30. The lowest BCUT2D eigenvalue weighted by molar-refractivity contribution is 0.136. The molecule has 0 amide bonds. The van der Waals surface area contributed by atoms with Gasteiger partial charge in [-0.05, 0) is 29.7 Å². The molecule has 18 heavy (non-hydrogen) atoms. The van der Waals surface area contributed by atoms with Gasteiger partial charge in [-0.3, -0.25) is 0 Å². The van der Waals surface area contributed by atoms with Crippen molar-refractivity contribution in [2.75, 3.05) is 11.4 Å². The van der Waals surface area contributed by atoms with E-state index < -0.39 is 0 Å². The number of hydrogen-bond acceptors (Lipinski definition) is 2. The van der Waals surface area contributed by atoms with E-state index in [0.717, 1.165) is 41.5 Å². The summed E-state index contributed by atoms with van der Waals surface area (Å²) in [6.45, 7) is 0.948. The Bertz CT molecular complexity index is 613. The third-order valence-corrected chi connectivity index (χ3v) is 3.88. The Morgan fingerprint density at radius 1 is 1.17 bits per heavy atom. The first-order valence-electron chi connectivity index (χ1n) is 6.26. The largest absolute Gasteiger partial charge is 0.342 e. The molecule has 3 aliphatic rings. The minimum Gasteiger partial charge on any atom is -0.342 e. The van der Waals surface area contributed by atoms with Crippen molar-refractivity contribution in [2.45, 2.75) is 12.8 Å². The molecule has 0 unspecified atom stereocenters. The molecule has 0 aromatic heterocycles. The van der Waals surface area contributed by atoms with Crippen LogP contribution in [0.15, 0.2) is 59.6 Å². The quantitative estimate of drug-likeness (QED) is 0.642. The molecule has 0 saturated heterocycles. The van der Waals surface area contributed by atoms with E-state index >= 15 is 0 Å². The van der Waals surface area contributed by atoms with Crippen LogP contribution in [0.2, 0.25) is 0 Å². The van der Waals surface area contributed by atoms with E-state index in [-0.39, 0.29) is 0 Å². The molecule has 2 nitrogen and oxygen atoms in total. The Kier molecular flexibility index (Phi) is 1.92. The van der Waals surface area contributed by atoms with Gasteiger partial charge in [-0.1, -0.05) is 28.8 Å². The zero-order valence-electron chi connectivity index (χ0n) is 9.94. The van der Waals surface area contributed by atoms with Crippen molar-refractivity contribution in [3.05, 3.63) is 65.1 Å². The highest BCUT2D eigenvalue weighted by Gasteiger charge is 2.33. The van der Waals surface area contributed by atoms with Crippen molar-refractivity contribution in [3.8, 4) is 0 Å². The van der Waals surface area contributed by atoms with Crippen molar-refractivity contribution in [2.24, 2.45) is 0 Å². The van der Waals surface area contributed by atoms with Crippen molar-refractivity contribution in [1.82, 2.24) is 5.12 Å². The highest BCUT2D eigenvalue weighted by Crippen LogP contribution is 2.42. The van der Waals surface area contributed by atoms with Crippen LogP contribution in [0.4, 0.5) is 10.2 Å². The van der Waals surface area contributed by atoms with Crippen molar-refractivity contribution >= 4 is 5.69 Å². The van der Waals surface area contributed by atoms with Crippen LogP contribution in [0.3, 0.4) is 0 Å². The van der Waals surface area contributed by atoms with Crippen LogP contribution in [-0.4, -0.2) is 11.7 Å². The maximum Gasteiger partial charge on any atom is 0.0970 e. The van der Waals surface area contributed by atoms with Crippen LogP contribution in [0, 0.1) is 0 Å². The van der Waals surface area contributed by atoms with Crippen molar-refractivity contribution in [1.29, 1.82) is 0 Å². The Morgan fingerprint density at radius 2 is 2.06 bits per heavy atom. The first-order valence-corrected chi connectivity index (χ1v) is 6.26. The Balaban J connectivity index is 1.90. The van der Waals surface area contributed by atoms with Gasteiger partial charge in [0.2, 0.25) is 0 Å². The van der Waals surface area contributed by atoms with E-state index in [1.54, 1.807) is 6.08 Å². The molecule has 0 fully saturated rings. The van der Waals surface area contributed by atoms with Gasteiger partial charge in [0.15, 0.2) is 0 Å². The molecule has 90 valence electrons. The van der Waals surface area contributed by atoms with Gasteiger partial charge in [0.1, 0.15) is 0 Å². The molecule has 3 heteroatoms. The normalized spacial score (nSPS) is 20.6. The lowest BCUT2D eigenvalue weighted by atomic mass is 9.99. The maximum atomic E-state index is 14.0. The van der Waals surface area contributed by atoms with E-state index in [4.69, 9.17) is 0 Å². The molecule has 3 heterocycles. The summed E-state index contributed by atoms with van der Waals surface area (Å²) in [6.07, 6.45) is 7.02. The molecule has 0 radical (unpaired) electrons.